The monoisotopic (exact) mass is 236 g/mol. The van der Waals surface area contributed by atoms with Crippen LogP contribution in [0, 0.1) is 0 Å². The molecule has 0 spiro atoms. The molecule has 6 heteroatoms. The Labute approximate surface area is 85.7 Å². The maximum absolute atomic E-state index is 12.1. The summed E-state index contributed by atoms with van der Waals surface area (Å²) >= 11 is 5.55. The molecule has 1 aromatic carbocycles. The average molecular weight is 237 g/mol. The second-order valence-corrected chi connectivity index (χ2v) is 4.42. The number of rotatable bonds is 3. The normalized spacial score (nSPS) is 11.3. The lowest BCUT2D eigenvalue weighted by Gasteiger charge is -1.97. The van der Waals surface area contributed by atoms with Crippen LogP contribution < -0.4 is 0 Å². The first-order valence-corrected chi connectivity index (χ1v) is 5.52. The smallest absolute Gasteiger partial charge is 0.293 e. The van der Waals surface area contributed by atoms with Crippen LogP contribution in [0.25, 0.3) is 0 Å². The van der Waals surface area contributed by atoms with E-state index in [9.17, 15) is 17.1 Å². The summed E-state index contributed by atoms with van der Waals surface area (Å²) in [6.07, 6.45) is 0. The zero-order valence-corrected chi connectivity index (χ0v) is 8.48. The highest BCUT2D eigenvalue weighted by Crippen LogP contribution is 2.10. The van der Waals surface area contributed by atoms with Crippen molar-refractivity contribution in [1.82, 2.24) is 0 Å². The first-order chi connectivity index (χ1) is 6.38. The van der Waals surface area contributed by atoms with Crippen molar-refractivity contribution in [2.45, 2.75) is 0 Å². The molecule has 0 N–H and O–H groups in total. The second-order valence-electron chi connectivity index (χ2n) is 2.61. The molecule has 0 saturated heterocycles. The van der Waals surface area contributed by atoms with E-state index in [1.54, 1.807) is 0 Å². The van der Waals surface area contributed by atoms with Gasteiger partial charge in [-0.1, -0.05) is 11.6 Å². The molecule has 0 aliphatic rings. The van der Waals surface area contributed by atoms with Gasteiger partial charge in [-0.2, -0.15) is 8.42 Å². The Kier molecular flexibility index (Phi) is 3.23. The lowest BCUT2D eigenvalue weighted by Crippen LogP contribution is -2.11. The summed E-state index contributed by atoms with van der Waals surface area (Å²) in [5, 5.41) is 0.421. The van der Waals surface area contributed by atoms with Crippen LogP contribution in [-0.4, -0.2) is 20.0 Å². The van der Waals surface area contributed by atoms with Gasteiger partial charge in [-0.05, 0) is 24.3 Å². The number of Topliss-reactive ketones (excluding diaryl/α,β-unsaturated/α-hetero) is 1. The summed E-state index contributed by atoms with van der Waals surface area (Å²) in [5.41, 5.74) is 0.121. The highest BCUT2D eigenvalue weighted by Gasteiger charge is 2.16. The molecule has 1 rings (SSSR count). The molecule has 14 heavy (non-hydrogen) atoms. The van der Waals surface area contributed by atoms with Gasteiger partial charge in [0.2, 0.25) is 0 Å². The fourth-order valence-corrected chi connectivity index (χ4v) is 1.48. The molecule has 0 amide bonds. The van der Waals surface area contributed by atoms with Crippen molar-refractivity contribution in [3.05, 3.63) is 34.9 Å². The molecule has 0 radical (unpaired) electrons. The number of carbonyl (C=O) groups excluding carboxylic acids is 1. The number of ketones is 1. The van der Waals surface area contributed by atoms with E-state index in [1.165, 1.54) is 24.3 Å². The van der Waals surface area contributed by atoms with Crippen molar-refractivity contribution >= 4 is 27.6 Å². The Bertz CT molecular complexity index is 438. The summed E-state index contributed by atoms with van der Waals surface area (Å²) in [5.74, 6) is -1.92. The van der Waals surface area contributed by atoms with E-state index in [4.69, 9.17) is 11.6 Å². The van der Waals surface area contributed by atoms with Crippen LogP contribution in [0.4, 0.5) is 3.89 Å². The number of hydrogen-bond acceptors (Lipinski definition) is 3. The molecule has 1 aromatic rings. The van der Waals surface area contributed by atoms with Crippen LogP contribution in [0.15, 0.2) is 24.3 Å². The SMILES string of the molecule is O=C(CS(=O)(=O)F)c1ccc(Cl)cc1. The molecule has 3 nitrogen and oxygen atoms in total. The average Bonchev–Trinajstić information content (AvgIpc) is 2.02. The topological polar surface area (TPSA) is 51.2 Å². The molecule has 0 aromatic heterocycles. The van der Waals surface area contributed by atoms with E-state index < -0.39 is 21.8 Å². The molecule has 0 atom stereocenters. The minimum absolute atomic E-state index is 0.121. The predicted octanol–water partition coefficient (Wildman–Crippen LogP) is 1.82. The van der Waals surface area contributed by atoms with Crippen LogP contribution in [0.1, 0.15) is 10.4 Å². The summed E-state index contributed by atoms with van der Waals surface area (Å²) in [7, 11) is -4.76. The van der Waals surface area contributed by atoms with Gasteiger partial charge in [0.05, 0.1) is 0 Å². The van der Waals surface area contributed by atoms with Crippen LogP contribution in [0.3, 0.4) is 0 Å². The van der Waals surface area contributed by atoms with Gasteiger partial charge in [-0.3, -0.25) is 4.79 Å². The van der Waals surface area contributed by atoms with Crippen molar-refractivity contribution in [2.75, 3.05) is 5.75 Å². The standard InChI is InChI=1S/C8H6ClFO3S/c9-7-3-1-6(2-4-7)8(11)5-14(10,12)13/h1-4H,5H2. The van der Waals surface area contributed by atoms with E-state index in [1.807, 2.05) is 0 Å². The third-order valence-corrected chi connectivity index (χ3v) is 2.33. The molecular formula is C8H6ClFO3S. The maximum Gasteiger partial charge on any atom is 0.309 e. The van der Waals surface area contributed by atoms with Gasteiger partial charge in [0, 0.05) is 10.6 Å². The third-order valence-electron chi connectivity index (χ3n) is 1.47. The number of benzene rings is 1. The molecule has 0 heterocycles. The Morgan fingerprint density at radius 3 is 2.21 bits per heavy atom. The molecule has 0 aliphatic carbocycles. The zero-order chi connectivity index (χ0) is 10.8. The molecule has 0 fully saturated rings. The van der Waals surface area contributed by atoms with Crippen LogP contribution in [-0.2, 0) is 10.2 Å². The highest BCUT2D eigenvalue weighted by molar-refractivity contribution is 7.87. The van der Waals surface area contributed by atoms with E-state index in [2.05, 4.69) is 0 Å². The van der Waals surface area contributed by atoms with Crippen LogP contribution in [0.2, 0.25) is 5.02 Å². The predicted molar refractivity (Wildman–Crippen MR) is 50.7 cm³/mol. The maximum atomic E-state index is 12.1. The fraction of sp³-hybridized carbons (Fsp3) is 0.125. The number of halogens is 2. The Morgan fingerprint density at radius 1 is 1.29 bits per heavy atom. The highest BCUT2D eigenvalue weighted by atomic mass is 35.5. The minimum atomic E-state index is -4.76. The zero-order valence-electron chi connectivity index (χ0n) is 6.91. The number of carbonyl (C=O) groups is 1. The van der Waals surface area contributed by atoms with Crippen molar-refractivity contribution in [2.24, 2.45) is 0 Å². The molecule has 0 saturated carbocycles. The molecule has 0 aliphatic heterocycles. The van der Waals surface area contributed by atoms with Gasteiger partial charge >= 0.3 is 10.2 Å². The minimum Gasteiger partial charge on any atom is -0.293 e. The van der Waals surface area contributed by atoms with Gasteiger partial charge in [-0.25, -0.2) is 0 Å². The van der Waals surface area contributed by atoms with Crippen LogP contribution in [0.5, 0.6) is 0 Å². The van der Waals surface area contributed by atoms with Crippen molar-refractivity contribution in [3.8, 4) is 0 Å². The van der Waals surface area contributed by atoms with Gasteiger partial charge in [0.15, 0.2) is 5.78 Å². The van der Waals surface area contributed by atoms with Crippen LogP contribution >= 0.6 is 11.6 Å². The first-order valence-electron chi connectivity index (χ1n) is 3.59. The summed E-state index contributed by atoms with van der Waals surface area (Å²) in [6, 6.07) is 5.55. The van der Waals surface area contributed by atoms with E-state index in [-0.39, 0.29) is 5.56 Å². The molecule has 0 bridgehead atoms. The lowest BCUT2D eigenvalue weighted by atomic mass is 10.1. The molecule has 0 unspecified atom stereocenters. The molecule has 76 valence electrons. The largest absolute Gasteiger partial charge is 0.309 e. The van der Waals surface area contributed by atoms with Gasteiger partial charge in [0.1, 0.15) is 5.75 Å². The lowest BCUT2D eigenvalue weighted by molar-refractivity contribution is 0.102. The van der Waals surface area contributed by atoms with Crippen molar-refractivity contribution in [1.29, 1.82) is 0 Å². The van der Waals surface area contributed by atoms with E-state index >= 15 is 0 Å². The van der Waals surface area contributed by atoms with Crippen molar-refractivity contribution < 1.29 is 17.1 Å². The van der Waals surface area contributed by atoms with Gasteiger partial charge < -0.3 is 0 Å². The van der Waals surface area contributed by atoms with E-state index in [0.29, 0.717) is 5.02 Å². The fourth-order valence-electron chi connectivity index (χ4n) is 0.876. The quantitative estimate of drug-likeness (QED) is 0.594. The Morgan fingerprint density at radius 2 is 1.79 bits per heavy atom. The first kappa shape index (κ1) is 11.1. The molecular weight excluding hydrogens is 231 g/mol. The van der Waals surface area contributed by atoms with Gasteiger partial charge in [-0.15, -0.1) is 3.89 Å². The summed E-state index contributed by atoms with van der Waals surface area (Å²) in [4.78, 5) is 11.1. The third kappa shape index (κ3) is 3.43. The Hall–Kier alpha value is -0.940. The van der Waals surface area contributed by atoms with Gasteiger partial charge in [0.25, 0.3) is 0 Å². The summed E-state index contributed by atoms with van der Waals surface area (Å²) in [6.45, 7) is 0. The summed E-state index contributed by atoms with van der Waals surface area (Å²) < 4.78 is 32.5. The Balaban J connectivity index is 2.86. The second kappa shape index (κ2) is 4.06. The van der Waals surface area contributed by atoms with E-state index in [0.717, 1.165) is 0 Å². The number of hydrogen-bond donors (Lipinski definition) is 0. The van der Waals surface area contributed by atoms with Crippen molar-refractivity contribution in [3.63, 3.8) is 0 Å².